The van der Waals surface area contributed by atoms with E-state index in [-0.39, 0.29) is 17.4 Å². The van der Waals surface area contributed by atoms with Crippen molar-refractivity contribution in [3.63, 3.8) is 0 Å². The summed E-state index contributed by atoms with van der Waals surface area (Å²) in [5.74, 6) is -0.706. The summed E-state index contributed by atoms with van der Waals surface area (Å²) in [5.41, 5.74) is 1.43. The Morgan fingerprint density at radius 1 is 1.15 bits per heavy atom. The van der Waals surface area contributed by atoms with E-state index >= 15 is 0 Å². The molecule has 5 heteroatoms. The van der Waals surface area contributed by atoms with E-state index in [1.807, 2.05) is 0 Å². The molecule has 2 aromatic rings. The molecule has 0 fully saturated rings. The second-order valence-corrected chi connectivity index (χ2v) is 4.73. The number of ether oxygens (including phenoxy) is 1. The summed E-state index contributed by atoms with van der Waals surface area (Å²) in [6.07, 6.45) is 0. The molecular formula is C15H14ClF2NO. The van der Waals surface area contributed by atoms with Crippen LogP contribution < -0.4 is 10.1 Å². The van der Waals surface area contributed by atoms with Crippen molar-refractivity contribution in [2.75, 3.05) is 7.05 Å². The summed E-state index contributed by atoms with van der Waals surface area (Å²) < 4.78 is 32.1. The van der Waals surface area contributed by atoms with Crippen molar-refractivity contribution in [2.45, 2.75) is 13.2 Å². The van der Waals surface area contributed by atoms with Crippen LogP contribution in [0.1, 0.15) is 11.1 Å². The zero-order valence-corrected chi connectivity index (χ0v) is 11.7. The molecule has 2 nitrogen and oxygen atoms in total. The molecule has 0 saturated carbocycles. The Bertz CT molecular complexity index is 604. The minimum atomic E-state index is -0.434. The summed E-state index contributed by atoms with van der Waals surface area (Å²) in [5, 5.41) is 3.20. The van der Waals surface area contributed by atoms with E-state index in [0.29, 0.717) is 12.1 Å². The molecule has 0 bridgehead atoms. The van der Waals surface area contributed by atoms with Crippen LogP contribution in [0.5, 0.6) is 5.75 Å². The molecule has 106 valence electrons. The zero-order chi connectivity index (χ0) is 14.5. The SMILES string of the molecule is CNCc1ccc(OCc2ccc(F)cc2Cl)c(F)c1. The molecule has 0 aromatic heterocycles. The van der Waals surface area contributed by atoms with Gasteiger partial charge in [-0.05, 0) is 36.9 Å². The van der Waals surface area contributed by atoms with Gasteiger partial charge in [-0.15, -0.1) is 0 Å². The lowest BCUT2D eigenvalue weighted by atomic mass is 10.2. The molecule has 0 heterocycles. The molecule has 2 rings (SSSR count). The molecule has 0 amide bonds. The minimum Gasteiger partial charge on any atom is -0.486 e. The van der Waals surface area contributed by atoms with Gasteiger partial charge in [0.1, 0.15) is 12.4 Å². The van der Waals surface area contributed by atoms with E-state index in [1.165, 1.54) is 24.3 Å². The fraction of sp³-hybridized carbons (Fsp3) is 0.200. The molecule has 0 unspecified atom stereocenters. The third kappa shape index (κ3) is 3.68. The Kier molecular flexibility index (Phi) is 4.93. The Morgan fingerprint density at radius 2 is 1.95 bits per heavy atom. The topological polar surface area (TPSA) is 21.3 Å². The van der Waals surface area contributed by atoms with Gasteiger partial charge in [0.25, 0.3) is 0 Å². The van der Waals surface area contributed by atoms with Crippen molar-refractivity contribution in [1.29, 1.82) is 0 Å². The Morgan fingerprint density at radius 3 is 2.60 bits per heavy atom. The van der Waals surface area contributed by atoms with Crippen molar-refractivity contribution in [2.24, 2.45) is 0 Å². The van der Waals surface area contributed by atoms with E-state index in [4.69, 9.17) is 16.3 Å². The first-order chi connectivity index (χ1) is 9.60. The highest BCUT2D eigenvalue weighted by molar-refractivity contribution is 6.31. The van der Waals surface area contributed by atoms with Crippen LogP contribution in [0.25, 0.3) is 0 Å². The standard InChI is InChI=1S/C15H14ClF2NO/c1-19-8-10-2-5-15(14(18)6-10)20-9-11-3-4-12(17)7-13(11)16/h2-7,19H,8-9H2,1H3. The lowest BCUT2D eigenvalue weighted by molar-refractivity contribution is 0.290. The molecular weight excluding hydrogens is 284 g/mol. The number of hydrogen-bond donors (Lipinski definition) is 1. The van der Waals surface area contributed by atoms with Crippen LogP contribution in [-0.4, -0.2) is 7.05 Å². The van der Waals surface area contributed by atoms with Gasteiger partial charge >= 0.3 is 0 Å². The van der Waals surface area contributed by atoms with Crippen LogP contribution in [0, 0.1) is 11.6 Å². The van der Waals surface area contributed by atoms with Crippen LogP contribution in [0.3, 0.4) is 0 Å². The van der Waals surface area contributed by atoms with Gasteiger partial charge in [0.05, 0.1) is 5.02 Å². The van der Waals surface area contributed by atoms with Crippen molar-refractivity contribution in [3.8, 4) is 5.75 Å². The number of benzene rings is 2. The molecule has 0 aliphatic carbocycles. The van der Waals surface area contributed by atoms with E-state index in [1.54, 1.807) is 19.2 Å². The fourth-order valence-electron chi connectivity index (χ4n) is 1.77. The van der Waals surface area contributed by atoms with Gasteiger partial charge in [-0.1, -0.05) is 23.7 Å². The highest BCUT2D eigenvalue weighted by Gasteiger charge is 2.07. The lowest BCUT2D eigenvalue weighted by Crippen LogP contribution is -2.06. The largest absolute Gasteiger partial charge is 0.486 e. The smallest absolute Gasteiger partial charge is 0.165 e. The summed E-state index contributed by atoms with van der Waals surface area (Å²) in [4.78, 5) is 0. The minimum absolute atomic E-state index is 0.0847. The number of nitrogens with one attached hydrogen (secondary N) is 1. The van der Waals surface area contributed by atoms with Gasteiger partial charge < -0.3 is 10.1 Å². The predicted octanol–water partition coefficient (Wildman–Crippen LogP) is 3.92. The first-order valence-corrected chi connectivity index (χ1v) is 6.47. The normalized spacial score (nSPS) is 10.6. The second-order valence-electron chi connectivity index (χ2n) is 4.32. The molecule has 20 heavy (non-hydrogen) atoms. The van der Waals surface area contributed by atoms with E-state index < -0.39 is 11.6 Å². The van der Waals surface area contributed by atoms with Gasteiger partial charge in [0, 0.05) is 12.1 Å². The summed E-state index contributed by atoms with van der Waals surface area (Å²) in [6, 6.07) is 8.77. The summed E-state index contributed by atoms with van der Waals surface area (Å²) in [6.45, 7) is 0.669. The van der Waals surface area contributed by atoms with Crippen LogP contribution in [-0.2, 0) is 13.2 Å². The van der Waals surface area contributed by atoms with E-state index in [2.05, 4.69) is 5.32 Å². The third-order valence-corrected chi connectivity index (χ3v) is 3.13. The monoisotopic (exact) mass is 297 g/mol. The Hall–Kier alpha value is -1.65. The van der Waals surface area contributed by atoms with Gasteiger partial charge in [0.15, 0.2) is 11.6 Å². The first-order valence-electron chi connectivity index (χ1n) is 6.10. The highest BCUT2D eigenvalue weighted by atomic mass is 35.5. The molecule has 1 N–H and O–H groups in total. The van der Waals surface area contributed by atoms with Crippen LogP contribution in [0.15, 0.2) is 36.4 Å². The quantitative estimate of drug-likeness (QED) is 0.903. The van der Waals surface area contributed by atoms with Gasteiger partial charge in [0.2, 0.25) is 0 Å². The third-order valence-electron chi connectivity index (χ3n) is 2.78. The number of rotatable bonds is 5. The molecule has 0 spiro atoms. The highest BCUT2D eigenvalue weighted by Crippen LogP contribution is 2.22. The zero-order valence-electron chi connectivity index (χ0n) is 10.9. The molecule has 0 aliphatic rings. The predicted molar refractivity (Wildman–Crippen MR) is 74.9 cm³/mol. The Labute approximate surface area is 121 Å². The second kappa shape index (κ2) is 6.68. The first kappa shape index (κ1) is 14.8. The van der Waals surface area contributed by atoms with Crippen molar-refractivity contribution < 1.29 is 13.5 Å². The Balaban J connectivity index is 2.07. The van der Waals surface area contributed by atoms with E-state index in [9.17, 15) is 8.78 Å². The van der Waals surface area contributed by atoms with Crippen LogP contribution in [0.4, 0.5) is 8.78 Å². The van der Waals surface area contributed by atoms with Crippen molar-refractivity contribution >= 4 is 11.6 Å². The van der Waals surface area contributed by atoms with Gasteiger partial charge in [-0.25, -0.2) is 8.78 Å². The molecule has 0 aliphatic heterocycles. The summed E-state index contributed by atoms with van der Waals surface area (Å²) in [7, 11) is 1.79. The van der Waals surface area contributed by atoms with Gasteiger partial charge in [-0.2, -0.15) is 0 Å². The maximum atomic E-state index is 13.8. The number of hydrogen-bond acceptors (Lipinski definition) is 2. The number of halogens is 3. The van der Waals surface area contributed by atoms with Crippen LogP contribution >= 0.6 is 11.6 Å². The summed E-state index contributed by atoms with van der Waals surface area (Å²) >= 11 is 5.88. The maximum absolute atomic E-state index is 13.8. The average Bonchev–Trinajstić information content (AvgIpc) is 2.40. The van der Waals surface area contributed by atoms with Crippen LogP contribution in [0.2, 0.25) is 5.02 Å². The fourth-order valence-corrected chi connectivity index (χ4v) is 1.99. The van der Waals surface area contributed by atoms with E-state index in [0.717, 1.165) is 5.56 Å². The molecule has 2 aromatic carbocycles. The van der Waals surface area contributed by atoms with Crippen molar-refractivity contribution in [1.82, 2.24) is 5.32 Å². The van der Waals surface area contributed by atoms with Gasteiger partial charge in [-0.3, -0.25) is 0 Å². The average molecular weight is 298 g/mol. The lowest BCUT2D eigenvalue weighted by Gasteiger charge is -2.10. The molecule has 0 radical (unpaired) electrons. The maximum Gasteiger partial charge on any atom is 0.165 e. The molecule has 0 saturated heterocycles. The van der Waals surface area contributed by atoms with Crippen molar-refractivity contribution in [3.05, 3.63) is 64.2 Å². The molecule has 0 atom stereocenters.